The van der Waals surface area contributed by atoms with E-state index in [1.807, 2.05) is 0 Å². The number of hydrazone groups is 1. The minimum absolute atomic E-state index is 0.0358. The van der Waals surface area contributed by atoms with E-state index < -0.39 is 22.8 Å². The first-order chi connectivity index (χ1) is 16.0. The van der Waals surface area contributed by atoms with E-state index in [2.05, 4.69) is 10.1 Å². The molecule has 0 saturated carbocycles. The number of benzene rings is 2. The number of anilines is 1. The third kappa shape index (κ3) is 4.25. The number of fused-ring (bicyclic) bond motifs is 2. The van der Waals surface area contributed by atoms with Gasteiger partial charge in [-0.3, -0.25) is 14.9 Å². The molecule has 0 aliphatic carbocycles. The first-order valence-corrected chi connectivity index (χ1v) is 11.2. The number of ether oxygens (including phenoxy) is 2. The van der Waals surface area contributed by atoms with E-state index in [-0.39, 0.29) is 16.7 Å². The van der Waals surface area contributed by atoms with Gasteiger partial charge in [-0.2, -0.15) is 10.1 Å². The van der Waals surface area contributed by atoms with Crippen molar-refractivity contribution in [1.82, 2.24) is 4.98 Å². The van der Waals surface area contributed by atoms with Crippen molar-refractivity contribution in [3.63, 3.8) is 0 Å². The van der Waals surface area contributed by atoms with Crippen LogP contribution in [0.3, 0.4) is 0 Å². The zero-order valence-electron chi connectivity index (χ0n) is 16.6. The molecule has 0 radical (unpaired) electrons. The van der Waals surface area contributed by atoms with Gasteiger partial charge in [0.2, 0.25) is 11.2 Å². The third-order valence-electron chi connectivity index (χ3n) is 4.61. The Bertz CT molecular complexity index is 1400. The molecule has 0 saturated heterocycles. The minimum Gasteiger partial charge on any atom is -0.485 e. The summed E-state index contributed by atoms with van der Waals surface area (Å²) in [6.45, 7) is -0.0358. The van der Waals surface area contributed by atoms with Gasteiger partial charge >= 0.3 is 5.00 Å². The normalized spacial score (nSPS) is 15.1. The lowest BCUT2D eigenvalue weighted by molar-refractivity contribution is -0.380. The number of hydrogen-bond acceptors (Lipinski definition) is 9. The van der Waals surface area contributed by atoms with E-state index in [1.165, 1.54) is 36.5 Å². The number of carbonyl (C=O) groups is 1. The molecule has 0 bridgehead atoms. The summed E-state index contributed by atoms with van der Waals surface area (Å²) in [4.78, 5) is 28.7. The molecule has 2 aromatic heterocycles. The van der Waals surface area contributed by atoms with Crippen molar-refractivity contribution in [3.05, 3.63) is 75.4 Å². The second-order valence-electron chi connectivity index (χ2n) is 6.80. The summed E-state index contributed by atoms with van der Waals surface area (Å²) >= 11 is 2.00. The molecule has 0 spiro atoms. The first-order valence-electron chi connectivity index (χ1n) is 9.55. The van der Waals surface area contributed by atoms with E-state index in [0.717, 1.165) is 27.7 Å². The average molecular weight is 484 g/mol. The van der Waals surface area contributed by atoms with Crippen LogP contribution in [0.4, 0.5) is 14.5 Å². The van der Waals surface area contributed by atoms with Gasteiger partial charge in [0.15, 0.2) is 11.5 Å². The average Bonchev–Trinajstić information content (AvgIpc) is 3.46. The summed E-state index contributed by atoms with van der Waals surface area (Å²) in [5, 5.41) is 16.4. The lowest BCUT2D eigenvalue weighted by Crippen LogP contribution is -2.44. The largest absolute Gasteiger partial charge is 0.485 e. The highest BCUT2D eigenvalue weighted by atomic mass is 32.1. The van der Waals surface area contributed by atoms with E-state index in [1.54, 1.807) is 24.3 Å². The number of nitro groups is 1. The SMILES string of the molecule is O=C(C1COc2ccccc2O1)N(/N=C/c1ccc([N+](=O)[O-])s1)c1nc2ccc(F)cc2s1. The van der Waals surface area contributed by atoms with Gasteiger partial charge in [0, 0.05) is 6.07 Å². The van der Waals surface area contributed by atoms with Gasteiger partial charge in [-0.15, -0.1) is 0 Å². The molecule has 0 fully saturated rings. The van der Waals surface area contributed by atoms with Crippen molar-refractivity contribution < 1.29 is 23.6 Å². The van der Waals surface area contributed by atoms with Crippen LogP contribution in [0.15, 0.2) is 59.7 Å². The molecule has 9 nitrogen and oxygen atoms in total. The van der Waals surface area contributed by atoms with Crippen LogP contribution in [0, 0.1) is 15.9 Å². The molecule has 1 aliphatic rings. The molecular weight excluding hydrogens is 471 g/mol. The molecule has 33 heavy (non-hydrogen) atoms. The maximum Gasteiger partial charge on any atom is 0.324 e. The van der Waals surface area contributed by atoms with Crippen LogP contribution in [0.2, 0.25) is 0 Å². The lowest BCUT2D eigenvalue weighted by atomic mass is 10.2. The van der Waals surface area contributed by atoms with Crippen LogP contribution >= 0.6 is 22.7 Å². The van der Waals surface area contributed by atoms with Crippen molar-refractivity contribution in [2.45, 2.75) is 6.10 Å². The van der Waals surface area contributed by atoms with Crippen molar-refractivity contribution >= 4 is 55.1 Å². The van der Waals surface area contributed by atoms with Gasteiger partial charge < -0.3 is 9.47 Å². The molecule has 1 amide bonds. The molecular formula is C21H13FN4O5S2. The Kier molecular flexibility index (Phi) is 5.44. The Balaban J connectivity index is 1.49. The van der Waals surface area contributed by atoms with Gasteiger partial charge in [-0.25, -0.2) is 9.37 Å². The summed E-state index contributed by atoms with van der Waals surface area (Å²) in [5.41, 5.74) is 0.502. The Morgan fingerprint density at radius 1 is 1.21 bits per heavy atom. The Hall–Kier alpha value is -3.90. The highest BCUT2D eigenvalue weighted by Gasteiger charge is 2.33. The molecule has 1 aliphatic heterocycles. The van der Waals surface area contributed by atoms with E-state index in [9.17, 15) is 19.3 Å². The number of aromatic nitrogens is 1. The molecule has 2 aromatic carbocycles. The van der Waals surface area contributed by atoms with Gasteiger partial charge in [-0.05, 0) is 36.4 Å². The van der Waals surface area contributed by atoms with Crippen LogP contribution in [0.1, 0.15) is 4.88 Å². The molecule has 1 atom stereocenters. The summed E-state index contributed by atoms with van der Waals surface area (Å²) in [5.74, 6) is -0.0267. The van der Waals surface area contributed by atoms with Crippen molar-refractivity contribution in [2.75, 3.05) is 11.6 Å². The van der Waals surface area contributed by atoms with E-state index in [4.69, 9.17) is 9.47 Å². The van der Waals surface area contributed by atoms with Crippen molar-refractivity contribution in [1.29, 1.82) is 0 Å². The molecule has 12 heteroatoms. The number of halogens is 1. The van der Waals surface area contributed by atoms with E-state index >= 15 is 0 Å². The first kappa shape index (κ1) is 21.0. The fourth-order valence-electron chi connectivity index (χ4n) is 3.08. The molecule has 0 N–H and O–H groups in total. The zero-order valence-corrected chi connectivity index (χ0v) is 18.2. The Morgan fingerprint density at radius 3 is 2.82 bits per heavy atom. The maximum atomic E-state index is 13.7. The zero-order chi connectivity index (χ0) is 22.9. The molecule has 4 aromatic rings. The van der Waals surface area contributed by atoms with Crippen LogP contribution in [0.25, 0.3) is 10.2 Å². The quantitative estimate of drug-likeness (QED) is 0.233. The Morgan fingerprint density at radius 2 is 2.03 bits per heavy atom. The van der Waals surface area contributed by atoms with Crippen LogP contribution in [-0.2, 0) is 4.79 Å². The van der Waals surface area contributed by atoms with Crippen molar-refractivity contribution in [3.8, 4) is 11.5 Å². The fraction of sp³-hybridized carbons (Fsp3) is 0.0952. The predicted molar refractivity (Wildman–Crippen MR) is 122 cm³/mol. The molecule has 166 valence electrons. The number of nitrogens with zero attached hydrogens (tertiary/aromatic N) is 4. The second-order valence-corrected chi connectivity index (χ2v) is 8.90. The number of hydrogen-bond donors (Lipinski definition) is 0. The van der Waals surface area contributed by atoms with Crippen molar-refractivity contribution in [2.24, 2.45) is 5.10 Å². The number of amides is 1. The third-order valence-corrected chi connectivity index (χ3v) is 6.57. The number of thiazole rings is 1. The molecule has 5 rings (SSSR count). The Labute approximate surface area is 193 Å². The summed E-state index contributed by atoms with van der Waals surface area (Å²) in [7, 11) is 0. The smallest absolute Gasteiger partial charge is 0.324 e. The fourth-order valence-corrected chi connectivity index (χ4v) is 4.72. The summed E-state index contributed by atoms with van der Waals surface area (Å²) in [6, 6.07) is 14.0. The number of rotatable bonds is 5. The van der Waals surface area contributed by atoms with Gasteiger partial charge in [0.1, 0.15) is 12.4 Å². The second kappa shape index (κ2) is 8.56. The van der Waals surface area contributed by atoms with Gasteiger partial charge in [0.05, 0.1) is 26.2 Å². The topological polar surface area (TPSA) is 107 Å². The standard InChI is InChI=1S/C21H13FN4O5S2/c22-12-5-7-14-18(9-12)33-21(24-14)25(23-10-13-6-8-19(32-13)26(28)29)20(27)17-11-30-15-3-1-2-4-16(15)31-17/h1-10,17H,11H2/b23-10+. The van der Waals surface area contributed by atoms with E-state index in [0.29, 0.717) is 26.6 Å². The minimum atomic E-state index is -1.00. The number of para-hydroxylation sites is 2. The number of carbonyl (C=O) groups excluding carboxylic acids is 1. The lowest BCUT2D eigenvalue weighted by Gasteiger charge is -2.27. The molecule has 3 heterocycles. The number of thiophene rings is 1. The van der Waals surface area contributed by atoms with Gasteiger partial charge in [0.25, 0.3) is 5.91 Å². The highest BCUT2D eigenvalue weighted by molar-refractivity contribution is 7.22. The highest BCUT2D eigenvalue weighted by Crippen LogP contribution is 2.34. The monoisotopic (exact) mass is 484 g/mol. The van der Waals surface area contributed by atoms with Gasteiger partial charge in [-0.1, -0.05) is 34.8 Å². The molecule has 1 unspecified atom stereocenters. The van der Waals surface area contributed by atoms with Crippen LogP contribution in [-0.4, -0.2) is 34.7 Å². The summed E-state index contributed by atoms with van der Waals surface area (Å²) in [6.07, 6.45) is 0.332. The van der Waals surface area contributed by atoms with Crippen LogP contribution < -0.4 is 14.5 Å². The predicted octanol–water partition coefficient (Wildman–Crippen LogP) is 4.61. The summed E-state index contributed by atoms with van der Waals surface area (Å²) < 4.78 is 25.7. The maximum absolute atomic E-state index is 13.7. The van der Waals surface area contributed by atoms with Crippen LogP contribution in [0.5, 0.6) is 11.5 Å².